The first kappa shape index (κ1) is 12.0. The molecule has 0 spiro atoms. The van der Waals surface area contributed by atoms with Crippen molar-refractivity contribution in [2.24, 2.45) is 11.1 Å². The van der Waals surface area contributed by atoms with Crippen molar-refractivity contribution in [1.29, 1.82) is 0 Å². The molecule has 0 aliphatic carbocycles. The molecular weight excluding hydrogens is 166 g/mol. The molecule has 13 heavy (non-hydrogen) atoms. The molecule has 76 valence electrons. The summed E-state index contributed by atoms with van der Waals surface area (Å²) in [5.74, 6) is -0.357. The lowest BCUT2D eigenvalue weighted by Gasteiger charge is -2.16. The maximum absolute atomic E-state index is 11.0. The predicted octanol–water partition coefficient (Wildman–Crippen LogP) is 1.83. The Morgan fingerprint density at radius 1 is 1.46 bits per heavy atom. The van der Waals surface area contributed by atoms with Gasteiger partial charge in [-0.2, -0.15) is 0 Å². The highest BCUT2D eigenvalue weighted by molar-refractivity contribution is 5.82. The Morgan fingerprint density at radius 2 is 2.00 bits per heavy atom. The quantitative estimate of drug-likeness (QED) is 0.539. The number of allylic oxidation sites excluding steroid dienone is 1. The predicted molar refractivity (Wildman–Crippen MR) is 53.0 cm³/mol. The molecule has 0 atom stereocenters. The summed E-state index contributed by atoms with van der Waals surface area (Å²) in [5, 5.41) is 0. The highest BCUT2D eigenvalue weighted by atomic mass is 16.5. The molecule has 0 aliphatic heterocycles. The molecule has 0 amide bonds. The fourth-order valence-electron chi connectivity index (χ4n) is 0.685. The van der Waals surface area contributed by atoms with Gasteiger partial charge in [0.1, 0.15) is 0 Å². The zero-order chi connectivity index (χ0) is 10.5. The van der Waals surface area contributed by atoms with E-state index in [-0.39, 0.29) is 11.4 Å². The number of hydrogen-bond donors (Lipinski definition) is 1. The van der Waals surface area contributed by atoms with Gasteiger partial charge < -0.3 is 10.5 Å². The van der Waals surface area contributed by atoms with E-state index in [1.165, 1.54) is 6.08 Å². The smallest absolute Gasteiger partial charge is 0.332 e. The molecule has 0 fully saturated rings. The maximum Gasteiger partial charge on any atom is 0.332 e. The molecule has 0 aromatic heterocycles. The number of ether oxygens (including phenoxy) is 1. The summed E-state index contributed by atoms with van der Waals surface area (Å²) in [4.78, 5) is 11.0. The summed E-state index contributed by atoms with van der Waals surface area (Å²) < 4.78 is 4.93. The first-order valence-corrected chi connectivity index (χ1v) is 4.42. The normalized spacial score (nSPS) is 12.8. The van der Waals surface area contributed by atoms with E-state index in [1.807, 2.05) is 0 Å². The van der Waals surface area contributed by atoms with Crippen molar-refractivity contribution >= 4 is 5.97 Å². The van der Waals surface area contributed by atoms with Crippen LogP contribution in [0.1, 0.15) is 34.1 Å². The van der Waals surface area contributed by atoms with Crippen molar-refractivity contribution in [3.63, 3.8) is 0 Å². The summed E-state index contributed by atoms with van der Waals surface area (Å²) in [6.45, 7) is 8.41. The number of carbonyl (C=O) groups is 1. The minimum atomic E-state index is -0.357. The van der Waals surface area contributed by atoms with E-state index in [0.29, 0.717) is 12.3 Å². The third kappa shape index (κ3) is 8.92. The van der Waals surface area contributed by atoms with Crippen LogP contribution in [0.2, 0.25) is 0 Å². The van der Waals surface area contributed by atoms with Crippen LogP contribution in [-0.4, -0.2) is 12.6 Å². The topological polar surface area (TPSA) is 52.3 Å². The molecule has 0 unspecified atom stereocenters. The van der Waals surface area contributed by atoms with Crippen LogP contribution in [0, 0.1) is 5.41 Å². The molecule has 0 aromatic rings. The van der Waals surface area contributed by atoms with Crippen LogP contribution in [0.4, 0.5) is 0 Å². The maximum atomic E-state index is 11.0. The van der Waals surface area contributed by atoms with Crippen molar-refractivity contribution in [2.45, 2.75) is 34.1 Å². The molecule has 0 rings (SSSR count). The Balaban J connectivity index is 3.67. The van der Waals surface area contributed by atoms with Crippen molar-refractivity contribution in [1.82, 2.24) is 0 Å². The molecule has 3 nitrogen and oxygen atoms in total. The molecule has 0 aromatic carbocycles. The van der Waals surface area contributed by atoms with Crippen LogP contribution in [0.3, 0.4) is 0 Å². The Morgan fingerprint density at radius 3 is 2.38 bits per heavy atom. The van der Waals surface area contributed by atoms with Gasteiger partial charge in [-0.25, -0.2) is 4.79 Å². The summed E-state index contributed by atoms with van der Waals surface area (Å²) in [6.07, 6.45) is 2.15. The van der Waals surface area contributed by atoms with Gasteiger partial charge in [-0.05, 0) is 18.8 Å². The number of rotatable bonds is 3. The fraction of sp³-hybridized carbons (Fsp3) is 0.700. The number of carbonyl (C=O) groups excluding carboxylic acids is 1. The molecular formula is C10H19NO2. The van der Waals surface area contributed by atoms with Crippen molar-refractivity contribution < 1.29 is 9.53 Å². The van der Waals surface area contributed by atoms with Crippen molar-refractivity contribution in [3.8, 4) is 0 Å². The second-order valence-corrected chi connectivity index (χ2v) is 4.37. The van der Waals surface area contributed by atoms with E-state index in [1.54, 1.807) is 6.92 Å². The first-order valence-electron chi connectivity index (χ1n) is 4.42. The minimum Gasteiger partial charge on any atom is -0.462 e. The molecule has 0 radical (unpaired) electrons. The second kappa shape index (κ2) is 4.90. The lowest BCUT2D eigenvalue weighted by atomic mass is 9.93. The Kier molecular flexibility index (Phi) is 4.52. The number of esters is 1. The standard InChI is InChI=1S/C10H19NO2/c1-8(11)7-9(12)13-6-5-10(2,3)4/h7H,5-6,11H2,1-4H3/b8-7-. The fourth-order valence-corrected chi connectivity index (χ4v) is 0.685. The van der Waals surface area contributed by atoms with Gasteiger partial charge in [-0.1, -0.05) is 20.8 Å². The highest BCUT2D eigenvalue weighted by Gasteiger charge is 2.10. The van der Waals surface area contributed by atoms with E-state index < -0.39 is 0 Å². The molecule has 0 saturated carbocycles. The van der Waals surface area contributed by atoms with Crippen LogP contribution in [0.5, 0.6) is 0 Å². The molecule has 0 bridgehead atoms. The van der Waals surface area contributed by atoms with Gasteiger partial charge >= 0.3 is 5.97 Å². The van der Waals surface area contributed by atoms with E-state index in [0.717, 1.165) is 6.42 Å². The van der Waals surface area contributed by atoms with Gasteiger partial charge in [-0.15, -0.1) is 0 Å². The minimum absolute atomic E-state index is 0.196. The van der Waals surface area contributed by atoms with Crippen molar-refractivity contribution in [2.75, 3.05) is 6.61 Å². The zero-order valence-corrected chi connectivity index (χ0v) is 8.89. The SMILES string of the molecule is C/C(N)=C/C(=O)OCCC(C)(C)C. The third-order valence-corrected chi connectivity index (χ3v) is 1.44. The Labute approximate surface area is 79.9 Å². The van der Waals surface area contributed by atoms with Gasteiger partial charge in [0.05, 0.1) is 6.61 Å². The Bertz CT molecular complexity index is 197. The van der Waals surface area contributed by atoms with Gasteiger partial charge in [0, 0.05) is 11.8 Å². The molecule has 0 aliphatic rings. The van der Waals surface area contributed by atoms with E-state index in [9.17, 15) is 4.79 Å². The highest BCUT2D eigenvalue weighted by Crippen LogP contribution is 2.17. The van der Waals surface area contributed by atoms with Gasteiger partial charge in [0.25, 0.3) is 0 Å². The first-order chi connectivity index (χ1) is 5.81. The van der Waals surface area contributed by atoms with Crippen LogP contribution in [0.25, 0.3) is 0 Å². The van der Waals surface area contributed by atoms with Crippen molar-refractivity contribution in [3.05, 3.63) is 11.8 Å². The lowest BCUT2D eigenvalue weighted by Crippen LogP contribution is -2.12. The second-order valence-electron chi connectivity index (χ2n) is 4.37. The van der Waals surface area contributed by atoms with Gasteiger partial charge in [0.2, 0.25) is 0 Å². The van der Waals surface area contributed by atoms with E-state index >= 15 is 0 Å². The Hall–Kier alpha value is -0.990. The summed E-state index contributed by atoms with van der Waals surface area (Å²) in [7, 11) is 0. The number of hydrogen-bond acceptors (Lipinski definition) is 3. The van der Waals surface area contributed by atoms with Crippen LogP contribution in [0.15, 0.2) is 11.8 Å². The third-order valence-electron chi connectivity index (χ3n) is 1.44. The molecule has 3 heteroatoms. The summed E-state index contributed by atoms with van der Waals surface area (Å²) >= 11 is 0. The molecule has 0 saturated heterocycles. The summed E-state index contributed by atoms with van der Waals surface area (Å²) in [5.41, 5.74) is 5.98. The average Bonchev–Trinajstić information content (AvgIpc) is 1.81. The van der Waals surface area contributed by atoms with Crippen LogP contribution in [-0.2, 0) is 9.53 Å². The van der Waals surface area contributed by atoms with Gasteiger partial charge in [0.15, 0.2) is 0 Å². The van der Waals surface area contributed by atoms with E-state index in [2.05, 4.69) is 20.8 Å². The molecule has 2 N–H and O–H groups in total. The van der Waals surface area contributed by atoms with Crippen LogP contribution < -0.4 is 5.73 Å². The average molecular weight is 185 g/mol. The largest absolute Gasteiger partial charge is 0.462 e. The van der Waals surface area contributed by atoms with Crippen LogP contribution >= 0.6 is 0 Å². The van der Waals surface area contributed by atoms with Gasteiger partial charge in [-0.3, -0.25) is 0 Å². The monoisotopic (exact) mass is 185 g/mol. The lowest BCUT2D eigenvalue weighted by molar-refractivity contribution is -0.138. The number of nitrogens with two attached hydrogens (primary N) is 1. The zero-order valence-electron chi connectivity index (χ0n) is 8.89. The summed E-state index contributed by atoms with van der Waals surface area (Å²) in [6, 6.07) is 0. The van der Waals surface area contributed by atoms with E-state index in [4.69, 9.17) is 10.5 Å². The molecule has 0 heterocycles.